The van der Waals surface area contributed by atoms with E-state index in [1.165, 1.54) is 42.7 Å². The van der Waals surface area contributed by atoms with E-state index in [2.05, 4.69) is 10.5 Å². The predicted octanol–water partition coefficient (Wildman–Crippen LogP) is 4.14. The molecule has 0 spiro atoms. The fourth-order valence-corrected chi connectivity index (χ4v) is 2.24. The SMILES string of the molecule is CC(ON=Cc1cccs1)C(=O)Nc1ccccc1C(F)(F)F. The number of nitrogens with one attached hydrogen (secondary N) is 1. The molecule has 1 aromatic carbocycles. The van der Waals surface area contributed by atoms with Gasteiger partial charge in [0.2, 0.25) is 6.10 Å². The monoisotopic (exact) mass is 342 g/mol. The number of oxime groups is 1. The first kappa shape index (κ1) is 17.0. The third kappa shape index (κ3) is 4.82. The number of rotatable bonds is 5. The smallest absolute Gasteiger partial charge is 0.383 e. The molecule has 1 amide bonds. The number of amides is 1. The first-order valence-electron chi connectivity index (χ1n) is 6.57. The molecule has 23 heavy (non-hydrogen) atoms. The van der Waals surface area contributed by atoms with Gasteiger partial charge in [0.15, 0.2) is 0 Å². The van der Waals surface area contributed by atoms with Crippen molar-refractivity contribution in [2.75, 3.05) is 5.32 Å². The first-order chi connectivity index (χ1) is 10.9. The Morgan fingerprint density at radius 3 is 2.70 bits per heavy atom. The molecule has 2 rings (SSSR count). The zero-order valence-electron chi connectivity index (χ0n) is 12.0. The van der Waals surface area contributed by atoms with E-state index in [0.29, 0.717) is 0 Å². The molecule has 8 heteroatoms. The zero-order valence-corrected chi connectivity index (χ0v) is 12.8. The number of thiophene rings is 1. The van der Waals surface area contributed by atoms with Crippen LogP contribution in [0.4, 0.5) is 18.9 Å². The van der Waals surface area contributed by atoms with Crippen molar-refractivity contribution in [2.24, 2.45) is 5.16 Å². The molecule has 0 radical (unpaired) electrons. The van der Waals surface area contributed by atoms with Gasteiger partial charge in [0, 0.05) is 4.88 Å². The highest BCUT2D eigenvalue weighted by molar-refractivity contribution is 7.11. The first-order valence-corrected chi connectivity index (χ1v) is 7.45. The third-order valence-electron chi connectivity index (χ3n) is 2.80. The maximum absolute atomic E-state index is 12.9. The summed E-state index contributed by atoms with van der Waals surface area (Å²) < 4.78 is 38.6. The van der Waals surface area contributed by atoms with E-state index in [1.807, 2.05) is 17.5 Å². The Kier molecular flexibility index (Phi) is 5.38. The van der Waals surface area contributed by atoms with Gasteiger partial charge in [0.25, 0.3) is 5.91 Å². The van der Waals surface area contributed by atoms with Crippen molar-refractivity contribution in [3.8, 4) is 0 Å². The van der Waals surface area contributed by atoms with Crippen molar-refractivity contribution in [1.82, 2.24) is 0 Å². The van der Waals surface area contributed by atoms with Crippen molar-refractivity contribution in [3.05, 3.63) is 52.2 Å². The largest absolute Gasteiger partial charge is 0.418 e. The molecule has 0 aliphatic rings. The van der Waals surface area contributed by atoms with Gasteiger partial charge < -0.3 is 10.2 Å². The van der Waals surface area contributed by atoms with E-state index in [1.54, 1.807) is 0 Å². The van der Waals surface area contributed by atoms with Gasteiger partial charge in [-0.3, -0.25) is 4.79 Å². The van der Waals surface area contributed by atoms with Gasteiger partial charge >= 0.3 is 6.18 Å². The summed E-state index contributed by atoms with van der Waals surface area (Å²) in [4.78, 5) is 17.7. The lowest BCUT2D eigenvalue weighted by molar-refractivity contribution is -0.137. The Labute approximate surface area is 134 Å². The highest BCUT2D eigenvalue weighted by Gasteiger charge is 2.33. The molecular weight excluding hydrogens is 329 g/mol. The van der Waals surface area contributed by atoms with E-state index < -0.39 is 23.8 Å². The molecule has 4 nitrogen and oxygen atoms in total. The lowest BCUT2D eigenvalue weighted by Crippen LogP contribution is -2.27. The molecule has 0 aliphatic heterocycles. The molecule has 0 saturated carbocycles. The number of hydrogen-bond donors (Lipinski definition) is 1. The molecule has 1 aromatic heterocycles. The Morgan fingerprint density at radius 1 is 1.30 bits per heavy atom. The lowest BCUT2D eigenvalue weighted by atomic mass is 10.1. The average molecular weight is 342 g/mol. The second-order valence-corrected chi connectivity index (χ2v) is 5.51. The van der Waals surface area contributed by atoms with Crippen LogP contribution in [0.3, 0.4) is 0 Å². The van der Waals surface area contributed by atoms with Gasteiger partial charge in [-0.2, -0.15) is 13.2 Å². The fraction of sp³-hybridized carbons (Fsp3) is 0.200. The van der Waals surface area contributed by atoms with Gasteiger partial charge in [-0.15, -0.1) is 11.3 Å². The second-order valence-electron chi connectivity index (χ2n) is 4.53. The molecule has 122 valence electrons. The number of carbonyl (C=O) groups is 1. The van der Waals surface area contributed by atoms with Crippen molar-refractivity contribution >= 4 is 29.1 Å². The highest BCUT2D eigenvalue weighted by Crippen LogP contribution is 2.34. The number of benzene rings is 1. The molecule has 0 bridgehead atoms. The molecule has 0 fully saturated rings. The number of carbonyl (C=O) groups excluding carboxylic acids is 1. The van der Waals surface area contributed by atoms with Gasteiger partial charge in [-0.05, 0) is 30.5 Å². The maximum atomic E-state index is 12.9. The summed E-state index contributed by atoms with van der Waals surface area (Å²) >= 11 is 1.44. The van der Waals surface area contributed by atoms with Crippen LogP contribution in [0.2, 0.25) is 0 Å². The standard InChI is InChI=1S/C15H13F3N2O2S/c1-10(22-19-9-11-5-4-8-23-11)14(21)20-13-7-3-2-6-12(13)15(16,17)18/h2-10H,1H3,(H,20,21). The van der Waals surface area contributed by atoms with E-state index in [9.17, 15) is 18.0 Å². The molecule has 1 unspecified atom stereocenters. The molecular formula is C15H13F3N2O2S. The van der Waals surface area contributed by atoms with Crippen LogP contribution in [0.15, 0.2) is 46.9 Å². The van der Waals surface area contributed by atoms with Crippen molar-refractivity contribution in [3.63, 3.8) is 0 Å². The van der Waals surface area contributed by atoms with Gasteiger partial charge in [0.05, 0.1) is 17.5 Å². The summed E-state index contributed by atoms with van der Waals surface area (Å²) in [5, 5.41) is 7.71. The number of hydrogen-bond acceptors (Lipinski definition) is 4. The van der Waals surface area contributed by atoms with Crippen molar-refractivity contribution in [1.29, 1.82) is 0 Å². The Balaban J connectivity index is 1.99. The lowest BCUT2D eigenvalue weighted by Gasteiger charge is -2.15. The van der Waals surface area contributed by atoms with E-state index in [0.717, 1.165) is 10.9 Å². The summed E-state index contributed by atoms with van der Waals surface area (Å²) in [7, 11) is 0. The molecule has 1 N–H and O–H groups in total. The van der Waals surface area contributed by atoms with Crippen molar-refractivity contribution in [2.45, 2.75) is 19.2 Å². The van der Waals surface area contributed by atoms with E-state index >= 15 is 0 Å². The number of halogens is 3. The summed E-state index contributed by atoms with van der Waals surface area (Å²) in [6.07, 6.45) is -4.16. The summed E-state index contributed by atoms with van der Waals surface area (Å²) in [6, 6.07) is 8.38. The minimum absolute atomic E-state index is 0.317. The number of para-hydroxylation sites is 1. The zero-order chi connectivity index (χ0) is 16.9. The Bertz CT molecular complexity index is 684. The topological polar surface area (TPSA) is 50.7 Å². The molecule has 0 saturated heterocycles. The number of anilines is 1. The highest BCUT2D eigenvalue weighted by atomic mass is 32.1. The van der Waals surface area contributed by atoms with Gasteiger partial charge in [0.1, 0.15) is 0 Å². The number of alkyl halides is 3. The third-order valence-corrected chi connectivity index (χ3v) is 3.61. The second kappa shape index (κ2) is 7.28. The van der Waals surface area contributed by atoms with Crippen LogP contribution in [0.25, 0.3) is 0 Å². The Hall–Kier alpha value is -2.35. The van der Waals surface area contributed by atoms with E-state index in [4.69, 9.17) is 4.84 Å². The van der Waals surface area contributed by atoms with Crippen LogP contribution in [0, 0.1) is 0 Å². The predicted molar refractivity (Wildman–Crippen MR) is 82.5 cm³/mol. The molecule has 1 atom stereocenters. The minimum Gasteiger partial charge on any atom is -0.383 e. The molecule has 0 aliphatic carbocycles. The van der Waals surface area contributed by atoms with E-state index in [-0.39, 0.29) is 5.69 Å². The molecule has 1 heterocycles. The quantitative estimate of drug-likeness (QED) is 0.656. The summed E-state index contributed by atoms with van der Waals surface area (Å²) in [5.41, 5.74) is -1.23. The van der Waals surface area contributed by atoms with Crippen LogP contribution in [0.5, 0.6) is 0 Å². The van der Waals surface area contributed by atoms with Crippen molar-refractivity contribution < 1.29 is 22.8 Å². The number of nitrogens with zero attached hydrogens (tertiary/aromatic N) is 1. The summed E-state index contributed by atoms with van der Waals surface area (Å²) in [5.74, 6) is -0.718. The maximum Gasteiger partial charge on any atom is 0.418 e. The van der Waals surface area contributed by atoms with Crippen LogP contribution < -0.4 is 5.32 Å². The average Bonchev–Trinajstić information content (AvgIpc) is 3.00. The van der Waals surface area contributed by atoms with Crippen LogP contribution >= 0.6 is 11.3 Å². The minimum atomic E-state index is -4.55. The van der Waals surface area contributed by atoms with Gasteiger partial charge in [-0.25, -0.2) is 0 Å². The normalized spacial score (nSPS) is 13.0. The molecule has 2 aromatic rings. The summed E-state index contributed by atoms with van der Waals surface area (Å²) in [6.45, 7) is 1.40. The van der Waals surface area contributed by atoms with Gasteiger partial charge in [-0.1, -0.05) is 23.4 Å². The fourth-order valence-electron chi connectivity index (χ4n) is 1.66. The Morgan fingerprint density at radius 2 is 2.04 bits per heavy atom. The van der Waals surface area contributed by atoms with Crippen LogP contribution in [0.1, 0.15) is 17.4 Å². The van der Waals surface area contributed by atoms with Crippen LogP contribution in [-0.4, -0.2) is 18.2 Å². The van der Waals surface area contributed by atoms with Crippen LogP contribution in [-0.2, 0) is 15.8 Å².